The number of nitrogens with one attached hydrogen (secondary N) is 1. The van der Waals surface area contributed by atoms with Gasteiger partial charge in [-0.1, -0.05) is 65.4 Å². The van der Waals surface area contributed by atoms with Crippen LogP contribution in [0.25, 0.3) is 17.3 Å². The van der Waals surface area contributed by atoms with Crippen molar-refractivity contribution in [3.63, 3.8) is 0 Å². The lowest BCUT2D eigenvalue weighted by Gasteiger charge is -2.52. The number of methoxy groups -OCH3 is 1. The van der Waals surface area contributed by atoms with Gasteiger partial charge in [-0.05, 0) is 87.5 Å². The smallest absolute Gasteiger partial charge is 0.337 e. The van der Waals surface area contributed by atoms with Crippen LogP contribution in [0.3, 0.4) is 0 Å². The van der Waals surface area contributed by atoms with Crippen LogP contribution in [0.1, 0.15) is 84.5 Å². The zero-order valence-corrected chi connectivity index (χ0v) is 24.0. The molecule has 0 radical (unpaired) electrons. The first-order valence-electron chi connectivity index (χ1n) is 13.8. The van der Waals surface area contributed by atoms with Gasteiger partial charge in [-0.25, -0.2) is 4.79 Å². The average Bonchev–Trinajstić information content (AvgIpc) is 3.73. The minimum absolute atomic E-state index is 0.0159. The molecule has 7 rings (SSSR count). The molecule has 0 unspecified atom stereocenters. The molecule has 1 N–H and O–H groups in total. The van der Waals surface area contributed by atoms with Crippen molar-refractivity contribution >= 4 is 46.5 Å². The van der Waals surface area contributed by atoms with Crippen LogP contribution >= 0.6 is 23.8 Å². The molecule has 2 aromatic carbocycles. The van der Waals surface area contributed by atoms with E-state index in [0.717, 1.165) is 71.8 Å². The van der Waals surface area contributed by atoms with E-state index in [4.69, 9.17) is 33.1 Å². The molecule has 4 aliphatic rings. The fraction of sp³-hybridized carbons (Fsp3) is 0.406. The number of ether oxygens (including phenoxy) is 1. The second-order valence-electron chi connectivity index (χ2n) is 11.5. The van der Waals surface area contributed by atoms with Crippen LogP contribution in [0.5, 0.6) is 0 Å². The standard InChI is InChI=1S/C32H33ClN2O3S/c1-20-5-3-4-6-23(20)27-24(28(38-35-27)21-7-8-21)11-12-31-13-16-32(17-14-31,18-15-31)30(39)34-26-10-9-22(19-25(26)33)29(36)37-2/h3-6,9-12,19,21H,7-8,13-18H2,1-2H3,(H,34,39). The zero-order chi connectivity index (χ0) is 27.2. The van der Waals surface area contributed by atoms with Crippen LogP contribution in [-0.4, -0.2) is 23.2 Å². The summed E-state index contributed by atoms with van der Waals surface area (Å²) in [7, 11) is 1.36. The van der Waals surface area contributed by atoms with Crippen molar-refractivity contribution in [3.05, 3.63) is 76.0 Å². The van der Waals surface area contributed by atoms with Crippen molar-refractivity contribution in [1.82, 2.24) is 5.16 Å². The summed E-state index contributed by atoms with van der Waals surface area (Å²) in [6.07, 6.45) is 13.6. The first kappa shape index (κ1) is 26.3. The Morgan fingerprint density at radius 1 is 1.13 bits per heavy atom. The Bertz CT molecular complexity index is 1450. The SMILES string of the molecule is COC(=O)c1ccc(NC(=S)C23CCC(C=Cc4c(-c5ccccc5C)noc4C4CC4)(CC2)CC3)c(Cl)c1. The number of aromatic nitrogens is 1. The summed E-state index contributed by atoms with van der Waals surface area (Å²) < 4.78 is 10.7. The first-order chi connectivity index (χ1) is 18.8. The van der Waals surface area contributed by atoms with Crippen LogP contribution in [0.4, 0.5) is 5.69 Å². The Balaban J connectivity index is 1.18. The molecule has 4 saturated carbocycles. The molecule has 4 aliphatic carbocycles. The van der Waals surface area contributed by atoms with Crippen molar-refractivity contribution < 1.29 is 14.1 Å². The van der Waals surface area contributed by atoms with E-state index in [2.05, 4.69) is 53.8 Å². The van der Waals surface area contributed by atoms with Gasteiger partial charge in [0.05, 0.1) is 28.4 Å². The highest BCUT2D eigenvalue weighted by Gasteiger charge is 2.49. The molecule has 0 amide bonds. The van der Waals surface area contributed by atoms with Crippen molar-refractivity contribution in [1.29, 1.82) is 0 Å². The van der Waals surface area contributed by atoms with E-state index in [1.807, 2.05) is 0 Å². The fourth-order valence-corrected chi connectivity index (χ4v) is 6.97. The predicted octanol–water partition coefficient (Wildman–Crippen LogP) is 8.76. The van der Waals surface area contributed by atoms with E-state index in [0.29, 0.717) is 16.5 Å². The third-order valence-corrected chi connectivity index (χ3v) is 9.98. The monoisotopic (exact) mass is 560 g/mol. The maximum atomic E-state index is 11.8. The van der Waals surface area contributed by atoms with Crippen LogP contribution in [0.2, 0.25) is 5.02 Å². The van der Waals surface area contributed by atoms with Gasteiger partial charge in [0.1, 0.15) is 11.5 Å². The minimum atomic E-state index is -0.407. The number of anilines is 1. The fourth-order valence-electron chi connectivity index (χ4n) is 6.33. The number of nitrogens with zero attached hydrogens (tertiary/aromatic N) is 1. The number of fused-ring (bicyclic) bond motifs is 3. The second-order valence-corrected chi connectivity index (χ2v) is 12.3. The number of allylic oxidation sites excluding steroid dienone is 1. The molecule has 1 heterocycles. The molecule has 0 saturated heterocycles. The van der Waals surface area contributed by atoms with E-state index >= 15 is 0 Å². The Morgan fingerprint density at radius 2 is 1.85 bits per heavy atom. The number of benzene rings is 2. The van der Waals surface area contributed by atoms with E-state index in [1.54, 1.807) is 18.2 Å². The van der Waals surface area contributed by atoms with E-state index < -0.39 is 5.97 Å². The third kappa shape index (κ3) is 4.93. The van der Waals surface area contributed by atoms with Crippen LogP contribution in [-0.2, 0) is 4.74 Å². The molecule has 2 bridgehead atoms. The van der Waals surface area contributed by atoms with Crippen molar-refractivity contribution in [2.75, 3.05) is 12.4 Å². The van der Waals surface area contributed by atoms with E-state index in [-0.39, 0.29) is 10.8 Å². The molecular formula is C32H33ClN2O3S. The van der Waals surface area contributed by atoms with Gasteiger partial charge in [0.2, 0.25) is 0 Å². The van der Waals surface area contributed by atoms with E-state index in [9.17, 15) is 4.79 Å². The number of carbonyl (C=O) groups is 1. The van der Waals surface area contributed by atoms with Gasteiger partial charge in [-0.15, -0.1) is 0 Å². The topological polar surface area (TPSA) is 64.4 Å². The molecule has 3 aromatic rings. The first-order valence-corrected chi connectivity index (χ1v) is 14.6. The zero-order valence-electron chi connectivity index (χ0n) is 22.4. The number of halogens is 1. The average molecular weight is 561 g/mol. The minimum Gasteiger partial charge on any atom is -0.465 e. The summed E-state index contributed by atoms with van der Waals surface area (Å²) in [6.45, 7) is 2.13. The molecular weight excluding hydrogens is 528 g/mol. The number of carbonyl (C=O) groups excluding carboxylic acids is 1. The number of rotatable bonds is 7. The second kappa shape index (κ2) is 10.2. The maximum absolute atomic E-state index is 11.8. The van der Waals surface area contributed by atoms with Gasteiger partial charge in [0, 0.05) is 22.5 Å². The lowest BCUT2D eigenvalue weighted by atomic mass is 9.53. The third-order valence-electron chi connectivity index (χ3n) is 9.13. The van der Waals surface area contributed by atoms with Gasteiger partial charge in [0.15, 0.2) is 0 Å². The normalized spacial score (nSPS) is 24.2. The maximum Gasteiger partial charge on any atom is 0.337 e. The van der Waals surface area contributed by atoms with Gasteiger partial charge < -0.3 is 14.6 Å². The summed E-state index contributed by atoms with van der Waals surface area (Å²) >= 11 is 12.4. The van der Waals surface area contributed by atoms with Crippen LogP contribution in [0.15, 0.2) is 53.1 Å². The molecule has 5 nitrogen and oxygen atoms in total. The number of hydrogen-bond acceptors (Lipinski definition) is 5. The van der Waals surface area contributed by atoms with Gasteiger partial charge in [-0.2, -0.15) is 0 Å². The lowest BCUT2D eigenvalue weighted by molar-refractivity contribution is 0.0600. The van der Waals surface area contributed by atoms with Crippen molar-refractivity contribution in [3.8, 4) is 11.3 Å². The Kier molecular flexibility index (Phi) is 6.88. The Morgan fingerprint density at radius 3 is 2.49 bits per heavy atom. The summed E-state index contributed by atoms with van der Waals surface area (Å²) in [5, 5.41) is 8.42. The predicted molar refractivity (Wildman–Crippen MR) is 159 cm³/mol. The Labute approximate surface area is 239 Å². The van der Waals surface area contributed by atoms with Gasteiger partial charge in [-0.3, -0.25) is 0 Å². The van der Waals surface area contributed by atoms with Crippen molar-refractivity contribution in [2.45, 2.75) is 64.2 Å². The van der Waals surface area contributed by atoms with Crippen LogP contribution < -0.4 is 5.32 Å². The van der Waals surface area contributed by atoms with Crippen molar-refractivity contribution in [2.24, 2.45) is 10.8 Å². The molecule has 1 aromatic heterocycles. The molecule has 0 atom stereocenters. The van der Waals surface area contributed by atoms with Gasteiger partial charge in [0.25, 0.3) is 0 Å². The van der Waals surface area contributed by atoms with Crippen LogP contribution in [0, 0.1) is 17.8 Å². The molecule has 7 heteroatoms. The summed E-state index contributed by atoms with van der Waals surface area (Å²) in [5.41, 5.74) is 5.79. The largest absolute Gasteiger partial charge is 0.465 e. The summed E-state index contributed by atoms with van der Waals surface area (Å²) in [4.78, 5) is 12.7. The quantitative estimate of drug-likeness (QED) is 0.230. The number of esters is 1. The Hall–Kier alpha value is -2.96. The number of aryl methyl sites for hydroxylation is 1. The highest BCUT2D eigenvalue weighted by atomic mass is 35.5. The van der Waals surface area contributed by atoms with Gasteiger partial charge >= 0.3 is 5.97 Å². The number of hydrogen-bond donors (Lipinski definition) is 1. The summed E-state index contributed by atoms with van der Waals surface area (Å²) in [5.74, 6) is 1.13. The molecule has 0 aliphatic heterocycles. The summed E-state index contributed by atoms with van der Waals surface area (Å²) in [6, 6.07) is 13.5. The highest BCUT2D eigenvalue weighted by Crippen LogP contribution is 2.58. The molecule has 0 spiro atoms. The molecule has 39 heavy (non-hydrogen) atoms. The lowest BCUT2D eigenvalue weighted by Crippen LogP contribution is -2.46. The number of thiocarbonyl (C=S) groups is 1. The molecule has 202 valence electrons. The van der Waals surface area contributed by atoms with E-state index in [1.165, 1.54) is 25.5 Å². The molecule has 4 fully saturated rings. The highest BCUT2D eigenvalue weighted by molar-refractivity contribution is 7.80.